The molecule has 268 valence electrons. The molecule has 3 aromatic heterocycles. The first kappa shape index (κ1) is 37.5. The molecule has 5 N–H and O–H groups in total. The first-order valence-electron chi connectivity index (χ1n) is 14.6. The van der Waals surface area contributed by atoms with Crippen LogP contribution in [0.3, 0.4) is 0 Å². The highest BCUT2D eigenvalue weighted by molar-refractivity contribution is 5.94. The number of aromatic nitrogens is 5. The van der Waals surface area contributed by atoms with Crippen LogP contribution in [0, 0.1) is 0 Å². The third kappa shape index (κ3) is 10.4. The second-order valence-electron chi connectivity index (χ2n) is 10.6. The van der Waals surface area contributed by atoms with Crippen LogP contribution in [-0.2, 0) is 22.4 Å². The van der Waals surface area contributed by atoms with Crippen molar-refractivity contribution < 1.29 is 55.7 Å². The summed E-state index contributed by atoms with van der Waals surface area (Å²) < 4.78 is 69.4. The quantitative estimate of drug-likeness (QED) is 0.154. The molecule has 5 aromatic rings. The number of nitrogens with zero attached hydrogens (tertiary/aromatic N) is 3. The van der Waals surface area contributed by atoms with Gasteiger partial charge in [0.1, 0.15) is 11.6 Å². The number of amides is 1. The standard InChI is InChI=1S/C28H24N6O3.2C2HF3O2/c35-27(30-10-8-22-3-1-2-9-29-22)18-5-7-25-19(11-18)12-20(16-37-25)26-33-24-6-4-17(21-14-31-32-15-21)13-23(24)28(36)34-26;2*3-2(4,5)1(6)7/h1-7,9,11,13-15,20H,8,10,12,16H2,(H,30,35)(H,31,32)(H,33,34,36);2*(H,6,7). The predicted octanol–water partition coefficient (Wildman–Crippen LogP) is 4.67. The average molecular weight is 721 g/mol. The van der Waals surface area contributed by atoms with Crippen molar-refractivity contribution in [2.45, 2.75) is 31.1 Å². The Morgan fingerprint density at radius 3 is 2.25 bits per heavy atom. The van der Waals surface area contributed by atoms with Gasteiger partial charge in [0.25, 0.3) is 11.5 Å². The summed E-state index contributed by atoms with van der Waals surface area (Å²) >= 11 is 0. The Morgan fingerprint density at radius 1 is 0.941 bits per heavy atom. The van der Waals surface area contributed by atoms with Gasteiger partial charge in [-0.05, 0) is 60.0 Å². The zero-order valence-corrected chi connectivity index (χ0v) is 25.9. The Kier molecular flexibility index (Phi) is 11.8. The Hall–Kier alpha value is -6.27. The maximum absolute atomic E-state index is 12.9. The molecule has 0 aliphatic carbocycles. The number of rotatable bonds is 6. The number of carbonyl (C=O) groups is 3. The van der Waals surface area contributed by atoms with Crippen LogP contribution >= 0.6 is 0 Å². The maximum Gasteiger partial charge on any atom is 0.490 e. The van der Waals surface area contributed by atoms with Crippen LogP contribution in [0.1, 0.15) is 33.4 Å². The average Bonchev–Trinajstić information content (AvgIpc) is 3.63. The zero-order valence-electron chi connectivity index (χ0n) is 25.9. The van der Waals surface area contributed by atoms with Crippen molar-refractivity contribution >= 4 is 28.7 Å². The molecule has 0 spiro atoms. The SMILES string of the molecule is O=C(NCCc1ccccn1)c1ccc2c(c1)CC(c1nc3ccc(-c4cn[nH]c4)cc3c(=O)[nH]1)CO2.O=C(O)C(F)(F)F.O=C(O)C(F)(F)F. The van der Waals surface area contributed by atoms with Crippen molar-refractivity contribution in [1.29, 1.82) is 0 Å². The lowest BCUT2D eigenvalue weighted by molar-refractivity contribution is -0.193. The van der Waals surface area contributed by atoms with Crippen molar-refractivity contribution in [2.24, 2.45) is 0 Å². The van der Waals surface area contributed by atoms with E-state index in [9.17, 15) is 35.9 Å². The fourth-order valence-corrected chi connectivity index (χ4v) is 4.60. The highest BCUT2D eigenvalue weighted by Crippen LogP contribution is 2.32. The highest BCUT2D eigenvalue weighted by Gasteiger charge is 2.39. The van der Waals surface area contributed by atoms with Gasteiger partial charge in [-0.15, -0.1) is 0 Å². The lowest BCUT2D eigenvalue weighted by Crippen LogP contribution is -2.27. The number of pyridine rings is 1. The van der Waals surface area contributed by atoms with Crippen LogP contribution in [0.15, 0.2) is 78.0 Å². The summed E-state index contributed by atoms with van der Waals surface area (Å²) in [6.07, 6.45) is -3.67. The van der Waals surface area contributed by atoms with E-state index < -0.39 is 24.3 Å². The van der Waals surface area contributed by atoms with Crippen molar-refractivity contribution in [3.05, 3.63) is 106 Å². The van der Waals surface area contributed by atoms with E-state index in [0.29, 0.717) is 48.3 Å². The summed E-state index contributed by atoms with van der Waals surface area (Å²) in [5.74, 6) is -4.48. The summed E-state index contributed by atoms with van der Waals surface area (Å²) in [5, 5.41) is 24.5. The summed E-state index contributed by atoms with van der Waals surface area (Å²) in [6.45, 7) is 0.890. The van der Waals surface area contributed by atoms with Crippen LogP contribution in [0.2, 0.25) is 0 Å². The number of alkyl halides is 6. The van der Waals surface area contributed by atoms with Gasteiger partial charge in [-0.1, -0.05) is 12.1 Å². The van der Waals surface area contributed by atoms with Gasteiger partial charge in [-0.2, -0.15) is 31.4 Å². The molecule has 13 nitrogen and oxygen atoms in total. The lowest BCUT2D eigenvalue weighted by atomic mass is 9.94. The van der Waals surface area contributed by atoms with Crippen LogP contribution in [0.4, 0.5) is 26.3 Å². The van der Waals surface area contributed by atoms with Crippen LogP contribution < -0.4 is 15.6 Å². The smallest absolute Gasteiger partial charge is 0.490 e. The minimum Gasteiger partial charge on any atom is -0.493 e. The molecule has 4 heterocycles. The number of ether oxygens (including phenoxy) is 1. The Balaban J connectivity index is 0.000000353. The fourth-order valence-electron chi connectivity index (χ4n) is 4.60. The number of benzene rings is 2. The van der Waals surface area contributed by atoms with E-state index in [-0.39, 0.29) is 17.4 Å². The molecule has 0 saturated heterocycles. The number of carbonyl (C=O) groups excluding carboxylic acids is 1. The van der Waals surface area contributed by atoms with Crippen LogP contribution in [-0.4, -0.2) is 78.7 Å². The number of fused-ring (bicyclic) bond motifs is 2. The maximum atomic E-state index is 12.9. The summed E-state index contributed by atoms with van der Waals surface area (Å²) in [6, 6.07) is 16.8. The molecule has 1 aliphatic heterocycles. The molecule has 1 amide bonds. The minimum absolute atomic E-state index is 0.138. The zero-order chi connectivity index (χ0) is 37.3. The molecule has 1 atom stereocenters. The van der Waals surface area contributed by atoms with E-state index in [4.69, 9.17) is 29.5 Å². The lowest BCUT2D eigenvalue weighted by Gasteiger charge is -2.25. The highest BCUT2D eigenvalue weighted by atomic mass is 19.4. The minimum atomic E-state index is -5.08. The molecule has 0 saturated carbocycles. The number of hydrogen-bond acceptors (Lipinski definition) is 8. The second-order valence-corrected chi connectivity index (χ2v) is 10.6. The van der Waals surface area contributed by atoms with Gasteiger partial charge in [0.05, 0.1) is 29.6 Å². The third-order valence-corrected chi connectivity index (χ3v) is 7.05. The number of aliphatic carboxylic acids is 2. The molecular weight excluding hydrogens is 694 g/mol. The normalized spacial score (nSPS) is 13.7. The Morgan fingerprint density at radius 2 is 1.65 bits per heavy atom. The van der Waals surface area contributed by atoms with Gasteiger partial charge < -0.3 is 25.3 Å². The van der Waals surface area contributed by atoms with E-state index in [1.807, 2.05) is 48.5 Å². The Labute approximate surface area is 282 Å². The number of carboxylic acid groups (broad SMARTS) is 2. The van der Waals surface area contributed by atoms with Gasteiger partial charge in [-0.25, -0.2) is 14.6 Å². The van der Waals surface area contributed by atoms with E-state index in [0.717, 1.165) is 28.1 Å². The molecule has 0 radical (unpaired) electrons. The largest absolute Gasteiger partial charge is 0.493 e. The Bertz CT molecular complexity index is 2030. The van der Waals surface area contributed by atoms with Crippen LogP contribution in [0.25, 0.3) is 22.0 Å². The summed E-state index contributed by atoms with van der Waals surface area (Å²) in [5.41, 5.74) is 4.62. The predicted molar refractivity (Wildman–Crippen MR) is 166 cm³/mol. The van der Waals surface area contributed by atoms with E-state index >= 15 is 0 Å². The number of hydrogen-bond donors (Lipinski definition) is 5. The molecule has 6 rings (SSSR count). The van der Waals surface area contributed by atoms with Gasteiger partial charge in [0.2, 0.25) is 0 Å². The van der Waals surface area contributed by atoms with Gasteiger partial charge in [-0.3, -0.25) is 19.7 Å². The molecule has 2 aromatic carbocycles. The van der Waals surface area contributed by atoms with Crippen molar-refractivity contribution in [2.75, 3.05) is 13.2 Å². The molecular formula is C32H26F6N6O7. The van der Waals surface area contributed by atoms with Crippen molar-refractivity contribution in [3.8, 4) is 16.9 Å². The fraction of sp³-hybridized carbons (Fsp3) is 0.219. The van der Waals surface area contributed by atoms with Crippen LogP contribution in [0.5, 0.6) is 5.75 Å². The summed E-state index contributed by atoms with van der Waals surface area (Å²) in [4.78, 5) is 55.4. The third-order valence-electron chi connectivity index (χ3n) is 7.05. The van der Waals surface area contributed by atoms with Crippen molar-refractivity contribution in [1.82, 2.24) is 30.5 Å². The van der Waals surface area contributed by atoms with E-state index in [2.05, 4.69) is 25.5 Å². The number of nitrogens with one attached hydrogen (secondary N) is 3. The number of carboxylic acids is 2. The molecule has 1 unspecified atom stereocenters. The molecule has 19 heteroatoms. The summed E-state index contributed by atoms with van der Waals surface area (Å²) in [7, 11) is 0. The first-order chi connectivity index (χ1) is 24.0. The van der Waals surface area contributed by atoms with Gasteiger partial charge in [0, 0.05) is 42.2 Å². The molecule has 0 fully saturated rings. The molecule has 0 bridgehead atoms. The second kappa shape index (κ2) is 16.0. The van der Waals surface area contributed by atoms with Crippen molar-refractivity contribution in [3.63, 3.8) is 0 Å². The first-order valence-corrected chi connectivity index (χ1v) is 14.6. The number of H-pyrrole nitrogens is 2. The number of aromatic amines is 2. The molecule has 51 heavy (non-hydrogen) atoms. The van der Waals surface area contributed by atoms with Gasteiger partial charge in [0.15, 0.2) is 0 Å². The number of halogens is 6. The van der Waals surface area contributed by atoms with E-state index in [1.165, 1.54) is 0 Å². The molecule has 1 aliphatic rings. The van der Waals surface area contributed by atoms with E-state index in [1.54, 1.807) is 24.7 Å². The van der Waals surface area contributed by atoms with Gasteiger partial charge >= 0.3 is 24.3 Å². The topological polar surface area (TPSA) is 200 Å². The monoisotopic (exact) mass is 720 g/mol.